The number of rotatable bonds is 2. The molecule has 0 atom stereocenters. The Bertz CT molecular complexity index is 250. The first-order valence-electron chi connectivity index (χ1n) is 3.19. The van der Waals surface area contributed by atoms with E-state index in [0.29, 0.717) is 11.5 Å². The first kappa shape index (κ1) is 11.2. The molecule has 0 aliphatic heterocycles. The van der Waals surface area contributed by atoms with Crippen molar-refractivity contribution in [2.45, 2.75) is 0 Å². The second-order valence-electron chi connectivity index (χ2n) is 2.01. The van der Waals surface area contributed by atoms with Crippen molar-refractivity contribution in [3.63, 3.8) is 0 Å². The zero-order valence-corrected chi connectivity index (χ0v) is 6.50. The van der Waals surface area contributed by atoms with Crippen LogP contribution in [0.25, 0.3) is 0 Å². The number of para-hydroxylation sites is 1. The van der Waals surface area contributed by atoms with Crippen molar-refractivity contribution >= 4 is 18.9 Å². The monoisotopic (exact) mass is 162 g/mol. The molecule has 0 amide bonds. The summed E-state index contributed by atoms with van der Waals surface area (Å²) < 4.78 is 9.82. The van der Waals surface area contributed by atoms with E-state index in [1.807, 2.05) is 0 Å². The molecular weight excluding hydrogens is 151 g/mol. The molecule has 12 heavy (non-hydrogen) atoms. The SMILES string of the molecule is COc1cccc(O)c1OC.[LiH]. The summed E-state index contributed by atoms with van der Waals surface area (Å²) in [5.41, 5.74) is 0. The Balaban J connectivity index is 0.00000121. The van der Waals surface area contributed by atoms with E-state index in [2.05, 4.69) is 0 Å². The maximum absolute atomic E-state index is 9.22. The van der Waals surface area contributed by atoms with Gasteiger partial charge < -0.3 is 14.6 Å². The number of hydrogen-bond donors (Lipinski definition) is 1. The Morgan fingerprint density at radius 3 is 2.25 bits per heavy atom. The van der Waals surface area contributed by atoms with Gasteiger partial charge in [0.05, 0.1) is 14.2 Å². The Hall–Kier alpha value is -0.783. The van der Waals surface area contributed by atoms with Crippen LogP contribution in [0.3, 0.4) is 0 Å². The van der Waals surface area contributed by atoms with Gasteiger partial charge in [-0.2, -0.15) is 0 Å². The molecule has 0 aliphatic rings. The zero-order valence-electron chi connectivity index (χ0n) is 6.50. The minimum atomic E-state index is 0. The van der Waals surface area contributed by atoms with Crippen LogP contribution in [0.15, 0.2) is 18.2 Å². The number of phenols is 1. The molecule has 0 unspecified atom stereocenters. The Morgan fingerprint density at radius 2 is 1.83 bits per heavy atom. The van der Waals surface area contributed by atoms with Gasteiger partial charge in [-0.3, -0.25) is 0 Å². The first-order chi connectivity index (χ1) is 5.29. The molecule has 1 aromatic carbocycles. The third-order valence-electron chi connectivity index (χ3n) is 1.38. The summed E-state index contributed by atoms with van der Waals surface area (Å²) in [6.45, 7) is 0. The van der Waals surface area contributed by atoms with Gasteiger partial charge in [0.1, 0.15) is 0 Å². The van der Waals surface area contributed by atoms with Crippen molar-refractivity contribution in [1.29, 1.82) is 0 Å². The molecule has 0 saturated carbocycles. The predicted octanol–water partition coefficient (Wildman–Crippen LogP) is 0.761. The molecule has 0 fully saturated rings. The van der Waals surface area contributed by atoms with E-state index in [0.717, 1.165) is 0 Å². The van der Waals surface area contributed by atoms with E-state index < -0.39 is 0 Å². The van der Waals surface area contributed by atoms with Gasteiger partial charge in [0.25, 0.3) is 0 Å². The van der Waals surface area contributed by atoms with Gasteiger partial charge in [0.2, 0.25) is 5.75 Å². The number of methoxy groups -OCH3 is 2. The summed E-state index contributed by atoms with van der Waals surface area (Å²) in [7, 11) is 3.01. The predicted molar refractivity (Wildman–Crippen MR) is 48.4 cm³/mol. The Labute approximate surface area is 83.5 Å². The molecule has 0 radical (unpaired) electrons. The fourth-order valence-electron chi connectivity index (χ4n) is 0.870. The van der Waals surface area contributed by atoms with Crippen molar-refractivity contribution < 1.29 is 14.6 Å². The van der Waals surface area contributed by atoms with Crippen molar-refractivity contribution in [3.8, 4) is 17.2 Å². The molecule has 0 heterocycles. The summed E-state index contributed by atoms with van der Waals surface area (Å²) in [6.07, 6.45) is 0. The van der Waals surface area contributed by atoms with E-state index in [4.69, 9.17) is 9.47 Å². The molecule has 0 spiro atoms. The molecule has 62 valence electrons. The van der Waals surface area contributed by atoms with E-state index in [9.17, 15) is 5.11 Å². The molecule has 0 saturated heterocycles. The molecule has 1 N–H and O–H groups in total. The van der Waals surface area contributed by atoms with Crippen molar-refractivity contribution in [2.24, 2.45) is 0 Å². The van der Waals surface area contributed by atoms with Gasteiger partial charge in [-0.25, -0.2) is 0 Å². The van der Waals surface area contributed by atoms with Gasteiger partial charge >= 0.3 is 18.9 Å². The third-order valence-corrected chi connectivity index (χ3v) is 1.38. The standard InChI is InChI=1S/C8H10O3.Li.H/c1-10-7-5-3-4-6(9)8(7)11-2;;/h3-5,9H,1-2H3;;. The minimum absolute atomic E-state index is 0. The van der Waals surface area contributed by atoms with E-state index >= 15 is 0 Å². The van der Waals surface area contributed by atoms with Crippen LogP contribution in [0.5, 0.6) is 17.2 Å². The fraction of sp³-hybridized carbons (Fsp3) is 0.250. The average molecular weight is 162 g/mol. The quantitative estimate of drug-likeness (QED) is 0.652. The third kappa shape index (κ3) is 2.10. The van der Waals surface area contributed by atoms with Crippen LogP contribution in [0.2, 0.25) is 0 Å². The number of phenolic OH excluding ortho intramolecular Hbond substituents is 1. The average Bonchev–Trinajstić information content (AvgIpc) is 2.04. The molecule has 0 aromatic heterocycles. The van der Waals surface area contributed by atoms with E-state index in [1.54, 1.807) is 18.2 Å². The Kier molecular flexibility index (Phi) is 4.64. The molecule has 0 aliphatic carbocycles. The summed E-state index contributed by atoms with van der Waals surface area (Å²) in [5, 5.41) is 9.22. The summed E-state index contributed by atoms with van der Waals surface area (Å²) >= 11 is 0. The summed E-state index contributed by atoms with van der Waals surface area (Å²) in [4.78, 5) is 0. The maximum atomic E-state index is 9.22. The van der Waals surface area contributed by atoms with Crippen LogP contribution in [-0.2, 0) is 0 Å². The zero-order chi connectivity index (χ0) is 8.27. The fourth-order valence-corrected chi connectivity index (χ4v) is 0.870. The topological polar surface area (TPSA) is 38.7 Å². The van der Waals surface area contributed by atoms with Crippen LogP contribution >= 0.6 is 0 Å². The second kappa shape index (κ2) is 4.97. The number of ether oxygens (including phenoxy) is 2. The van der Waals surface area contributed by atoms with E-state index in [-0.39, 0.29) is 24.6 Å². The van der Waals surface area contributed by atoms with Crippen LogP contribution in [0.4, 0.5) is 0 Å². The van der Waals surface area contributed by atoms with Gasteiger partial charge in [-0.15, -0.1) is 0 Å². The van der Waals surface area contributed by atoms with Crippen LogP contribution in [0.1, 0.15) is 0 Å². The van der Waals surface area contributed by atoms with Crippen molar-refractivity contribution in [1.82, 2.24) is 0 Å². The Morgan fingerprint density at radius 1 is 1.17 bits per heavy atom. The van der Waals surface area contributed by atoms with Gasteiger partial charge in [0.15, 0.2) is 11.5 Å². The molecule has 0 bridgehead atoms. The molecule has 4 heteroatoms. The first-order valence-corrected chi connectivity index (χ1v) is 3.19. The van der Waals surface area contributed by atoms with Gasteiger partial charge in [0, 0.05) is 0 Å². The van der Waals surface area contributed by atoms with Crippen LogP contribution in [-0.4, -0.2) is 38.2 Å². The molecular formula is C8H11LiO3. The van der Waals surface area contributed by atoms with Crippen molar-refractivity contribution in [2.75, 3.05) is 14.2 Å². The molecule has 1 rings (SSSR count). The molecule has 1 aromatic rings. The number of benzene rings is 1. The normalized spacial score (nSPS) is 8.50. The second-order valence-corrected chi connectivity index (χ2v) is 2.01. The van der Waals surface area contributed by atoms with Gasteiger partial charge in [-0.1, -0.05) is 6.07 Å². The number of hydrogen-bond acceptors (Lipinski definition) is 3. The van der Waals surface area contributed by atoms with Gasteiger partial charge in [-0.05, 0) is 12.1 Å². The van der Waals surface area contributed by atoms with Crippen LogP contribution in [0, 0.1) is 0 Å². The summed E-state index contributed by atoms with van der Waals surface area (Å²) in [5.74, 6) is 0.995. The van der Waals surface area contributed by atoms with Crippen LogP contribution < -0.4 is 9.47 Å². The summed E-state index contributed by atoms with van der Waals surface area (Å²) in [6, 6.07) is 4.95. The van der Waals surface area contributed by atoms with Crippen molar-refractivity contribution in [3.05, 3.63) is 18.2 Å². The number of aromatic hydroxyl groups is 1. The molecule has 3 nitrogen and oxygen atoms in total. The van der Waals surface area contributed by atoms with E-state index in [1.165, 1.54) is 14.2 Å².